The third-order valence-corrected chi connectivity index (χ3v) is 13.7. The molecule has 0 spiro atoms. The summed E-state index contributed by atoms with van der Waals surface area (Å²) in [6.45, 7) is 1.17. The molecule has 2 aliphatic rings. The first kappa shape index (κ1) is 46.1. The van der Waals surface area contributed by atoms with Crippen LogP contribution in [0.4, 0.5) is 11.4 Å². The molecule has 17 heteroatoms. The molecule has 1 N–H and O–H groups in total. The number of rotatable bonds is 6. The number of amides is 1. The van der Waals surface area contributed by atoms with Crippen LogP contribution in [0.5, 0.6) is 11.5 Å². The summed E-state index contributed by atoms with van der Waals surface area (Å²) in [6.07, 6.45) is 1.52. The first-order valence-corrected chi connectivity index (χ1v) is 22.6. The van der Waals surface area contributed by atoms with Crippen LogP contribution in [-0.2, 0) is 22.3 Å². The van der Waals surface area contributed by atoms with Gasteiger partial charge in [0.15, 0.2) is 0 Å². The number of halogens is 5. The summed E-state index contributed by atoms with van der Waals surface area (Å²) in [7, 11) is 6.07. The molecule has 0 saturated heterocycles. The number of carbonyl (C=O) groups excluding carboxylic acids is 4. The predicted molar refractivity (Wildman–Crippen MR) is 251 cm³/mol. The highest BCUT2D eigenvalue weighted by atomic mass is 79.9. The molecular weight excluding hydrogens is 1010 g/mol. The monoisotopic (exact) mass is 1050 g/mol. The zero-order chi connectivity index (χ0) is 44.0. The lowest BCUT2D eigenvalue weighted by Crippen LogP contribution is -2.25. The summed E-state index contributed by atoms with van der Waals surface area (Å²) in [6, 6.07) is 25.3. The first-order valence-electron chi connectivity index (χ1n) is 18.2. The molecule has 0 unspecified atom stereocenters. The molecule has 1 amide bonds. The fourth-order valence-corrected chi connectivity index (χ4v) is 10.0. The normalized spacial score (nSPS) is 12.0. The van der Waals surface area contributed by atoms with Gasteiger partial charge in [0.25, 0.3) is 11.1 Å². The van der Waals surface area contributed by atoms with Crippen molar-refractivity contribution in [2.24, 2.45) is 0 Å². The van der Waals surface area contributed by atoms with Crippen LogP contribution in [0.25, 0.3) is 20.9 Å². The van der Waals surface area contributed by atoms with Gasteiger partial charge in [0.2, 0.25) is 0 Å². The molecule has 0 bridgehead atoms. The van der Waals surface area contributed by atoms with Crippen molar-refractivity contribution in [3.8, 4) is 32.4 Å². The average molecular weight is 1050 g/mol. The molecule has 0 radical (unpaired) electrons. The number of nitrogens with one attached hydrogen (secondary N) is 1. The summed E-state index contributed by atoms with van der Waals surface area (Å²) in [4.78, 5) is 52.0. The van der Waals surface area contributed by atoms with E-state index in [0.717, 1.165) is 71.0 Å². The van der Waals surface area contributed by atoms with Crippen molar-refractivity contribution in [2.75, 3.05) is 51.7 Å². The lowest BCUT2D eigenvalue weighted by atomic mass is 10.1. The van der Waals surface area contributed by atoms with Gasteiger partial charge in [-0.2, -0.15) is 0 Å². The van der Waals surface area contributed by atoms with Crippen LogP contribution in [0.2, 0.25) is 10.0 Å². The van der Waals surface area contributed by atoms with Gasteiger partial charge < -0.3 is 29.2 Å². The SMILES string of the molecule is CNc1ccc(C(=O)OC)cc1Cl.COC(=O)c1ccc(N(C)C(=O)c2cc3c(s2)-c2ccc(Br)cc2OCC3)c(Cl)c1.O=C(Cl)c1cc2c(s1)-c1ccc(Br)cc1OCC2. The van der Waals surface area contributed by atoms with Gasteiger partial charge in [-0.15, -0.1) is 22.7 Å². The second-order valence-electron chi connectivity index (χ2n) is 13.1. The van der Waals surface area contributed by atoms with Gasteiger partial charge in [0, 0.05) is 56.8 Å². The van der Waals surface area contributed by atoms with Crippen LogP contribution in [0.3, 0.4) is 0 Å². The molecule has 0 fully saturated rings. The second-order valence-corrected chi connectivity index (χ2v) is 18.2. The van der Waals surface area contributed by atoms with E-state index in [0.29, 0.717) is 49.8 Å². The molecule has 10 nitrogen and oxygen atoms in total. The van der Waals surface area contributed by atoms with Crippen molar-refractivity contribution in [1.29, 1.82) is 0 Å². The van der Waals surface area contributed by atoms with Crippen molar-refractivity contribution in [2.45, 2.75) is 12.8 Å². The third kappa shape index (κ3) is 10.8. The number of methoxy groups -OCH3 is 2. The van der Waals surface area contributed by atoms with Crippen LogP contribution < -0.4 is 19.7 Å². The van der Waals surface area contributed by atoms with E-state index >= 15 is 0 Å². The average Bonchev–Trinajstić information content (AvgIpc) is 3.79. The maximum atomic E-state index is 13.2. The zero-order valence-electron chi connectivity index (χ0n) is 32.8. The number of ether oxygens (including phenoxy) is 4. The van der Waals surface area contributed by atoms with Crippen LogP contribution >= 0.6 is 89.3 Å². The topological polar surface area (TPSA) is 120 Å². The van der Waals surface area contributed by atoms with Crippen LogP contribution in [0, 0.1) is 0 Å². The van der Waals surface area contributed by atoms with Crippen molar-refractivity contribution in [3.05, 3.63) is 136 Å². The minimum absolute atomic E-state index is 0.166. The van der Waals surface area contributed by atoms with Gasteiger partial charge in [0.1, 0.15) is 11.5 Å². The highest BCUT2D eigenvalue weighted by Gasteiger charge is 2.25. The molecule has 316 valence electrons. The van der Waals surface area contributed by atoms with Crippen molar-refractivity contribution < 1.29 is 38.1 Å². The molecule has 0 atom stereocenters. The fourth-order valence-electron chi connectivity index (χ4n) is 6.30. The molecule has 2 aromatic heterocycles. The largest absolute Gasteiger partial charge is 0.493 e. The summed E-state index contributed by atoms with van der Waals surface area (Å²) in [5.74, 6) is 0.620. The van der Waals surface area contributed by atoms with E-state index in [9.17, 15) is 19.2 Å². The van der Waals surface area contributed by atoms with Crippen LogP contribution in [-0.4, -0.2) is 64.6 Å². The Morgan fingerprint density at radius 2 is 1.18 bits per heavy atom. The van der Waals surface area contributed by atoms with Crippen LogP contribution in [0.15, 0.2) is 93.9 Å². The van der Waals surface area contributed by atoms with Gasteiger partial charge in [0.05, 0.1) is 69.7 Å². The summed E-state index contributed by atoms with van der Waals surface area (Å²) in [5, 5.41) is 3.31. The highest BCUT2D eigenvalue weighted by Crippen LogP contribution is 2.44. The maximum Gasteiger partial charge on any atom is 0.337 e. The Morgan fingerprint density at radius 3 is 1.66 bits per heavy atom. The molecule has 8 rings (SSSR count). The smallest absolute Gasteiger partial charge is 0.337 e. The molecule has 0 aliphatic carbocycles. The molecule has 4 aromatic carbocycles. The van der Waals surface area contributed by atoms with Crippen molar-refractivity contribution in [3.63, 3.8) is 0 Å². The Balaban J connectivity index is 0.000000170. The summed E-state index contributed by atoms with van der Waals surface area (Å²) >= 11 is 27.5. The minimum atomic E-state index is -0.480. The Labute approximate surface area is 391 Å². The van der Waals surface area contributed by atoms with E-state index in [1.54, 1.807) is 44.4 Å². The molecule has 6 aromatic rings. The van der Waals surface area contributed by atoms with E-state index in [1.807, 2.05) is 48.5 Å². The first-order chi connectivity index (χ1) is 29.2. The number of hydrogen-bond donors (Lipinski definition) is 1. The number of nitrogens with zero attached hydrogens (tertiary/aromatic N) is 1. The van der Waals surface area contributed by atoms with E-state index < -0.39 is 11.2 Å². The molecule has 0 saturated carbocycles. The van der Waals surface area contributed by atoms with Gasteiger partial charge in [-0.3, -0.25) is 9.59 Å². The quantitative estimate of drug-likeness (QED) is 0.128. The van der Waals surface area contributed by atoms with Crippen molar-refractivity contribution in [1.82, 2.24) is 0 Å². The molecular formula is C44H35Br2Cl3N2O8S2. The Kier molecular flexibility index (Phi) is 15.6. The van der Waals surface area contributed by atoms with Crippen molar-refractivity contribution >= 4 is 124 Å². The van der Waals surface area contributed by atoms with E-state index in [4.69, 9.17) is 49.0 Å². The number of carbonyl (C=O) groups is 4. The van der Waals surface area contributed by atoms with E-state index in [1.165, 1.54) is 47.9 Å². The second kappa shape index (κ2) is 20.6. The van der Waals surface area contributed by atoms with Gasteiger partial charge >= 0.3 is 11.9 Å². The van der Waals surface area contributed by atoms with Crippen LogP contribution in [0.1, 0.15) is 51.2 Å². The molecule has 2 aliphatic heterocycles. The summed E-state index contributed by atoms with van der Waals surface area (Å²) in [5.41, 5.74) is 6.32. The Bertz CT molecular complexity index is 2650. The Hall–Kier alpha value is -4.41. The number of anilines is 2. The number of fused-ring (bicyclic) bond motifs is 6. The predicted octanol–water partition coefficient (Wildman–Crippen LogP) is 12.5. The lowest BCUT2D eigenvalue weighted by molar-refractivity contribution is 0.0592. The number of thiophene rings is 2. The molecule has 61 heavy (non-hydrogen) atoms. The number of esters is 2. The highest BCUT2D eigenvalue weighted by molar-refractivity contribution is 9.10. The lowest BCUT2D eigenvalue weighted by Gasteiger charge is -2.18. The summed E-state index contributed by atoms with van der Waals surface area (Å²) < 4.78 is 22.8. The third-order valence-electron chi connectivity index (χ3n) is 9.35. The van der Waals surface area contributed by atoms with E-state index in [2.05, 4.69) is 41.9 Å². The Morgan fingerprint density at radius 1 is 0.689 bits per heavy atom. The van der Waals surface area contributed by atoms with Gasteiger partial charge in [-0.1, -0.05) is 55.1 Å². The fraction of sp³-hybridized carbons (Fsp3) is 0.182. The molecule has 4 heterocycles. The number of benzene rings is 4. The standard InChI is InChI=1S/C22H17BrClNO4S.C13H8BrClO2S.C9H10ClNO2/c1-25(17-6-3-13(9-16(17)24)22(27)28-2)21(26)19-10-12-7-8-29-18-11-14(23)4-5-15(18)20(12)30-19;14-8-1-2-9-10(6-8)17-4-3-7-5-11(13(15)16)18-12(7)9;1-11-8-4-3-6(5-7(8)10)9(12)13-2/h3-6,9-11H,7-8H2,1-2H3;1-2,5-6H,3-4H2;3-5,11H,1-2H3. The number of hydrogen-bond acceptors (Lipinski definition) is 11. The zero-order valence-corrected chi connectivity index (χ0v) is 39.9. The van der Waals surface area contributed by atoms with Gasteiger partial charge in [-0.25, -0.2) is 9.59 Å². The van der Waals surface area contributed by atoms with Gasteiger partial charge in [-0.05, 0) is 108 Å². The van der Waals surface area contributed by atoms with E-state index in [-0.39, 0.29) is 11.9 Å². The maximum absolute atomic E-state index is 13.2. The minimum Gasteiger partial charge on any atom is -0.493 e.